The van der Waals surface area contributed by atoms with Crippen LogP contribution in [-0.4, -0.2) is 9.55 Å². The van der Waals surface area contributed by atoms with E-state index in [1.54, 1.807) is 24.0 Å². The van der Waals surface area contributed by atoms with Gasteiger partial charge in [0.25, 0.3) is 0 Å². The molecule has 0 saturated carbocycles. The highest BCUT2D eigenvalue weighted by Crippen LogP contribution is 2.25. The van der Waals surface area contributed by atoms with E-state index in [9.17, 15) is 0 Å². The summed E-state index contributed by atoms with van der Waals surface area (Å²) in [4.78, 5) is 5.24. The summed E-state index contributed by atoms with van der Waals surface area (Å²) in [5, 5.41) is 9.68. The van der Waals surface area contributed by atoms with Crippen LogP contribution < -0.4 is 0 Å². The zero-order valence-corrected chi connectivity index (χ0v) is 9.03. The van der Waals surface area contributed by atoms with Gasteiger partial charge in [0.15, 0.2) is 5.16 Å². The molecule has 0 aliphatic carbocycles. The fourth-order valence-corrected chi connectivity index (χ4v) is 2.05. The second kappa shape index (κ2) is 4.20. The van der Waals surface area contributed by atoms with Crippen molar-refractivity contribution in [3.63, 3.8) is 0 Å². The van der Waals surface area contributed by atoms with Crippen molar-refractivity contribution in [2.75, 3.05) is 0 Å². The van der Waals surface area contributed by atoms with E-state index in [2.05, 4.69) is 11.1 Å². The molecule has 0 bridgehead atoms. The van der Waals surface area contributed by atoms with E-state index in [4.69, 9.17) is 5.26 Å². The lowest BCUT2D eigenvalue weighted by molar-refractivity contribution is 0.790. The highest BCUT2D eigenvalue weighted by atomic mass is 32.2. The maximum Gasteiger partial charge on any atom is 0.172 e. The molecule has 15 heavy (non-hydrogen) atoms. The lowest BCUT2D eigenvalue weighted by Crippen LogP contribution is -1.88. The third kappa shape index (κ3) is 2.20. The van der Waals surface area contributed by atoms with Gasteiger partial charge >= 0.3 is 0 Å². The normalized spacial score (nSPS) is 9.87. The lowest BCUT2D eigenvalue weighted by Gasteiger charge is -2.01. The van der Waals surface area contributed by atoms with Gasteiger partial charge in [-0.1, -0.05) is 17.8 Å². The van der Waals surface area contributed by atoms with Crippen molar-refractivity contribution in [2.45, 2.75) is 10.1 Å². The van der Waals surface area contributed by atoms with E-state index in [1.165, 1.54) is 0 Å². The van der Waals surface area contributed by atoms with Crippen molar-refractivity contribution in [3.8, 4) is 6.07 Å². The standard InChI is InChI=1S/C11H9N3S/c1-14-6-5-13-11(14)15-10-4-2-3-9(7-10)8-12/h2-7H,1H3. The topological polar surface area (TPSA) is 41.6 Å². The fourth-order valence-electron chi connectivity index (χ4n) is 1.18. The number of aromatic nitrogens is 2. The molecule has 1 aromatic heterocycles. The maximum atomic E-state index is 8.76. The predicted octanol–water partition coefficient (Wildman–Crippen LogP) is 2.44. The first-order chi connectivity index (χ1) is 7.29. The van der Waals surface area contributed by atoms with E-state index in [-0.39, 0.29) is 0 Å². The van der Waals surface area contributed by atoms with Gasteiger partial charge in [0.1, 0.15) is 0 Å². The van der Waals surface area contributed by atoms with E-state index >= 15 is 0 Å². The molecular formula is C11H9N3S. The Kier molecular flexibility index (Phi) is 2.75. The summed E-state index contributed by atoms with van der Waals surface area (Å²) in [6, 6.07) is 9.63. The van der Waals surface area contributed by atoms with Crippen LogP contribution in [-0.2, 0) is 7.05 Å². The van der Waals surface area contributed by atoms with Gasteiger partial charge < -0.3 is 4.57 Å². The summed E-state index contributed by atoms with van der Waals surface area (Å²) in [6.45, 7) is 0. The van der Waals surface area contributed by atoms with Crippen molar-refractivity contribution in [1.82, 2.24) is 9.55 Å². The van der Waals surface area contributed by atoms with Crippen LogP contribution in [0.1, 0.15) is 5.56 Å². The van der Waals surface area contributed by atoms with Crippen LogP contribution in [0.3, 0.4) is 0 Å². The molecule has 0 aliphatic rings. The van der Waals surface area contributed by atoms with Crippen LogP contribution in [0.2, 0.25) is 0 Å². The monoisotopic (exact) mass is 215 g/mol. The molecule has 0 radical (unpaired) electrons. The summed E-state index contributed by atoms with van der Waals surface area (Å²) >= 11 is 1.55. The van der Waals surface area contributed by atoms with Crippen LogP contribution >= 0.6 is 11.8 Å². The Hall–Kier alpha value is -1.73. The Labute approximate surface area is 92.4 Å². The molecule has 0 atom stereocenters. The number of benzene rings is 1. The number of nitrogens with zero attached hydrogens (tertiary/aromatic N) is 3. The predicted molar refractivity (Wildman–Crippen MR) is 58.5 cm³/mol. The average molecular weight is 215 g/mol. The van der Waals surface area contributed by atoms with E-state index in [1.807, 2.05) is 36.0 Å². The van der Waals surface area contributed by atoms with Gasteiger partial charge in [-0.2, -0.15) is 5.26 Å². The average Bonchev–Trinajstić information content (AvgIpc) is 2.65. The molecule has 0 fully saturated rings. The Morgan fingerprint density at radius 3 is 3.00 bits per heavy atom. The highest BCUT2D eigenvalue weighted by molar-refractivity contribution is 7.99. The molecule has 3 nitrogen and oxygen atoms in total. The third-order valence-electron chi connectivity index (χ3n) is 1.95. The van der Waals surface area contributed by atoms with Gasteiger partial charge in [-0.3, -0.25) is 0 Å². The third-order valence-corrected chi connectivity index (χ3v) is 3.01. The Balaban J connectivity index is 2.25. The van der Waals surface area contributed by atoms with Gasteiger partial charge in [0.05, 0.1) is 11.6 Å². The maximum absolute atomic E-state index is 8.76. The van der Waals surface area contributed by atoms with Crippen LogP contribution in [0.25, 0.3) is 0 Å². The number of rotatable bonds is 2. The Morgan fingerprint density at radius 2 is 2.33 bits per heavy atom. The van der Waals surface area contributed by atoms with Crippen molar-refractivity contribution < 1.29 is 0 Å². The van der Waals surface area contributed by atoms with E-state index < -0.39 is 0 Å². The van der Waals surface area contributed by atoms with Crippen LogP contribution in [0.15, 0.2) is 46.7 Å². The Morgan fingerprint density at radius 1 is 1.47 bits per heavy atom. The zero-order valence-electron chi connectivity index (χ0n) is 8.21. The SMILES string of the molecule is Cn1ccnc1Sc1cccc(C#N)c1. The molecule has 1 aromatic carbocycles. The van der Waals surface area contributed by atoms with Crippen molar-refractivity contribution >= 4 is 11.8 Å². The molecular weight excluding hydrogens is 206 g/mol. The first-order valence-electron chi connectivity index (χ1n) is 4.45. The summed E-state index contributed by atoms with van der Waals surface area (Å²) < 4.78 is 1.95. The largest absolute Gasteiger partial charge is 0.329 e. The minimum atomic E-state index is 0.675. The molecule has 1 heterocycles. The number of aryl methyl sites for hydroxylation is 1. The second-order valence-corrected chi connectivity index (χ2v) is 4.10. The van der Waals surface area contributed by atoms with Crippen LogP contribution in [0, 0.1) is 11.3 Å². The van der Waals surface area contributed by atoms with Crippen LogP contribution in [0.4, 0.5) is 0 Å². The van der Waals surface area contributed by atoms with E-state index in [0.29, 0.717) is 5.56 Å². The van der Waals surface area contributed by atoms with E-state index in [0.717, 1.165) is 10.1 Å². The minimum Gasteiger partial charge on any atom is -0.329 e. The number of hydrogen-bond donors (Lipinski definition) is 0. The summed E-state index contributed by atoms with van der Waals surface area (Å²) in [5.41, 5.74) is 0.675. The molecule has 0 saturated heterocycles. The van der Waals surface area contributed by atoms with Gasteiger partial charge in [0.2, 0.25) is 0 Å². The summed E-state index contributed by atoms with van der Waals surface area (Å²) in [7, 11) is 1.95. The van der Waals surface area contributed by atoms with Gasteiger partial charge in [0, 0.05) is 24.3 Å². The first kappa shape index (κ1) is 9.81. The zero-order chi connectivity index (χ0) is 10.7. The molecule has 2 rings (SSSR count). The number of imidazole rings is 1. The van der Waals surface area contributed by atoms with Gasteiger partial charge in [-0.05, 0) is 18.2 Å². The van der Waals surface area contributed by atoms with Crippen molar-refractivity contribution in [1.29, 1.82) is 5.26 Å². The first-order valence-corrected chi connectivity index (χ1v) is 5.26. The smallest absolute Gasteiger partial charge is 0.172 e. The van der Waals surface area contributed by atoms with Crippen molar-refractivity contribution in [2.24, 2.45) is 7.05 Å². The summed E-state index contributed by atoms with van der Waals surface area (Å²) in [5.74, 6) is 0. The lowest BCUT2D eigenvalue weighted by atomic mass is 10.2. The quantitative estimate of drug-likeness (QED) is 0.772. The molecule has 2 aromatic rings. The molecule has 0 N–H and O–H groups in total. The van der Waals surface area contributed by atoms with Gasteiger partial charge in [-0.25, -0.2) is 4.98 Å². The van der Waals surface area contributed by atoms with Crippen molar-refractivity contribution in [3.05, 3.63) is 42.2 Å². The second-order valence-electron chi connectivity index (χ2n) is 3.06. The van der Waals surface area contributed by atoms with Gasteiger partial charge in [-0.15, -0.1) is 0 Å². The van der Waals surface area contributed by atoms with Crippen LogP contribution in [0.5, 0.6) is 0 Å². The number of nitriles is 1. The highest BCUT2D eigenvalue weighted by Gasteiger charge is 2.02. The molecule has 0 amide bonds. The molecule has 4 heteroatoms. The molecule has 0 spiro atoms. The molecule has 0 unspecified atom stereocenters. The summed E-state index contributed by atoms with van der Waals surface area (Å²) in [6.07, 6.45) is 3.66. The fraction of sp³-hybridized carbons (Fsp3) is 0.0909. The molecule has 74 valence electrons. The Bertz CT molecular complexity index is 511. The minimum absolute atomic E-state index is 0.675. The molecule has 0 aliphatic heterocycles. The number of hydrogen-bond acceptors (Lipinski definition) is 3.